The van der Waals surface area contributed by atoms with E-state index in [0.717, 1.165) is 0 Å². The molecule has 1 atom stereocenters. The Morgan fingerprint density at radius 1 is 1.05 bits per heavy atom. The van der Waals surface area contributed by atoms with Crippen molar-refractivity contribution in [3.05, 3.63) is 88.0 Å². The number of nitro groups is 1. The van der Waals surface area contributed by atoms with Crippen LogP contribution in [0.2, 0.25) is 0 Å². The first-order valence-electron chi connectivity index (χ1n) is 13.5. The average Bonchev–Trinajstić information content (AvgIpc) is 3.46. The second kappa shape index (κ2) is 13.7. The largest absolute Gasteiger partial charge is 0.489 e. The third-order valence-electron chi connectivity index (χ3n) is 6.73. The van der Waals surface area contributed by atoms with Gasteiger partial charge in [-0.1, -0.05) is 38.1 Å². The van der Waals surface area contributed by atoms with Crippen LogP contribution >= 0.6 is 0 Å². The summed E-state index contributed by atoms with van der Waals surface area (Å²) in [5.41, 5.74) is 1.27. The number of hydrogen-bond acceptors (Lipinski definition) is 9. The van der Waals surface area contributed by atoms with Crippen molar-refractivity contribution >= 4 is 21.8 Å². The van der Waals surface area contributed by atoms with Gasteiger partial charge in [0.1, 0.15) is 12.4 Å². The smallest absolute Gasteiger partial charge is 0.431 e. The van der Waals surface area contributed by atoms with E-state index in [1.807, 2.05) is 13.8 Å². The molecule has 3 aromatic carbocycles. The van der Waals surface area contributed by atoms with Crippen molar-refractivity contribution < 1.29 is 42.7 Å². The van der Waals surface area contributed by atoms with Gasteiger partial charge < -0.3 is 19.3 Å². The fourth-order valence-corrected chi connectivity index (χ4v) is 6.22. The molecule has 0 radical (unpaired) electrons. The molecule has 1 amide bonds. The summed E-state index contributed by atoms with van der Waals surface area (Å²) in [7, 11) is -3.98. The van der Waals surface area contributed by atoms with Crippen LogP contribution in [0.3, 0.4) is 0 Å². The van der Waals surface area contributed by atoms with E-state index in [-0.39, 0.29) is 60.9 Å². The van der Waals surface area contributed by atoms with E-state index in [0.29, 0.717) is 28.4 Å². The third kappa shape index (κ3) is 8.12. The van der Waals surface area contributed by atoms with Crippen LogP contribution in [0.15, 0.2) is 71.6 Å². The third-order valence-corrected chi connectivity index (χ3v) is 8.59. The van der Waals surface area contributed by atoms with Gasteiger partial charge in [-0.05, 0) is 54.2 Å². The highest BCUT2D eigenvalue weighted by Gasteiger charge is 2.30. The maximum Gasteiger partial charge on any atom is 0.431 e. The summed E-state index contributed by atoms with van der Waals surface area (Å²) in [6.07, 6.45) is -1.44. The quantitative estimate of drug-likeness (QED) is 0.144. The molecule has 43 heavy (non-hydrogen) atoms. The molecule has 0 bridgehead atoms. The number of non-ortho nitro benzene ring substituents is 1. The molecule has 1 aliphatic rings. The molecule has 0 saturated heterocycles. The lowest BCUT2D eigenvalue weighted by Gasteiger charge is -2.28. The standard InChI is InChI=1S/C29H33N3O10S/c1-20(2)17-30(43(38,39)26-10-11-27-28(16-26)42-19-41-27)13-12-23(31(35)29(33)34)14-21-6-8-25(9-7-21)40-18-22-4-3-5-24(15-22)32(36)37/h3-11,15-16,20,23,35H,12-14,17-19H2,1-2H3,(H,33,34). The number of nitrogens with zero attached hydrogens (tertiary/aromatic N) is 3. The zero-order chi connectivity index (χ0) is 31.1. The maximum absolute atomic E-state index is 13.6. The topological polar surface area (TPSA) is 169 Å². The first kappa shape index (κ1) is 31.5. The number of hydroxylamine groups is 2. The molecule has 4 rings (SSSR count). The molecule has 3 aromatic rings. The van der Waals surface area contributed by atoms with Crippen LogP contribution in [0.1, 0.15) is 31.4 Å². The number of carboxylic acid groups (broad SMARTS) is 1. The predicted molar refractivity (Wildman–Crippen MR) is 154 cm³/mol. The summed E-state index contributed by atoms with van der Waals surface area (Å²) in [6, 6.07) is 16.3. The van der Waals surface area contributed by atoms with Crippen molar-refractivity contribution in [2.24, 2.45) is 5.92 Å². The molecular weight excluding hydrogens is 582 g/mol. The Bertz CT molecular complexity index is 1550. The minimum absolute atomic E-state index is 0.00264. The number of ether oxygens (including phenoxy) is 3. The zero-order valence-corrected chi connectivity index (χ0v) is 24.5. The Morgan fingerprint density at radius 3 is 2.44 bits per heavy atom. The number of carbonyl (C=O) groups is 1. The highest BCUT2D eigenvalue weighted by atomic mass is 32.2. The van der Waals surface area contributed by atoms with E-state index >= 15 is 0 Å². The molecule has 0 spiro atoms. The van der Waals surface area contributed by atoms with Crippen molar-refractivity contribution in [1.29, 1.82) is 0 Å². The van der Waals surface area contributed by atoms with E-state index in [9.17, 15) is 33.6 Å². The molecule has 0 saturated carbocycles. The highest BCUT2D eigenvalue weighted by Crippen LogP contribution is 2.35. The minimum atomic E-state index is -3.98. The maximum atomic E-state index is 13.6. The summed E-state index contributed by atoms with van der Waals surface area (Å²) in [6.45, 7) is 3.99. The van der Waals surface area contributed by atoms with E-state index in [2.05, 4.69) is 0 Å². The Balaban J connectivity index is 1.44. The van der Waals surface area contributed by atoms with Gasteiger partial charge in [-0.15, -0.1) is 0 Å². The van der Waals surface area contributed by atoms with Gasteiger partial charge in [0.25, 0.3) is 5.69 Å². The van der Waals surface area contributed by atoms with E-state index in [4.69, 9.17) is 14.2 Å². The van der Waals surface area contributed by atoms with Gasteiger partial charge in [-0.3, -0.25) is 15.3 Å². The summed E-state index contributed by atoms with van der Waals surface area (Å²) in [5.74, 6) is 1.24. The first-order chi connectivity index (χ1) is 20.4. The van der Waals surface area contributed by atoms with Crippen molar-refractivity contribution in [3.8, 4) is 17.2 Å². The zero-order valence-electron chi connectivity index (χ0n) is 23.7. The van der Waals surface area contributed by atoms with Gasteiger partial charge >= 0.3 is 6.09 Å². The molecule has 1 heterocycles. The number of rotatable bonds is 14. The minimum Gasteiger partial charge on any atom is -0.489 e. The molecule has 0 fully saturated rings. The van der Waals surface area contributed by atoms with Crippen molar-refractivity contribution in [3.63, 3.8) is 0 Å². The number of benzene rings is 3. The number of amides is 1. The van der Waals surface area contributed by atoms with Gasteiger partial charge in [0.2, 0.25) is 16.8 Å². The number of nitro benzene ring substituents is 1. The van der Waals surface area contributed by atoms with Gasteiger partial charge in [0.05, 0.1) is 15.9 Å². The lowest BCUT2D eigenvalue weighted by molar-refractivity contribution is -0.384. The van der Waals surface area contributed by atoms with Crippen LogP contribution in [-0.4, -0.2) is 65.0 Å². The molecule has 0 aromatic heterocycles. The van der Waals surface area contributed by atoms with Crippen molar-refractivity contribution in [1.82, 2.24) is 9.37 Å². The van der Waals surface area contributed by atoms with E-state index in [1.165, 1.54) is 34.6 Å². The Labute approximate surface area is 249 Å². The molecule has 13 nitrogen and oxygen atoms in total. The SMILES string of the molecule is CC(C)CN(CCC(Cc1ccc(OCc2cccc([N+](=O)[O-])c2)cc1)N(O)C(=O)O)S(=O)(=O)c1ccc2c(c1)OCO2. The number of hydrogen-bond donors (Lipinski definition) is 2. The molecular formula is C29H33N3O10S. The Hall–Kier alpha value is -4.40. The molecule has 2 N–H and O–H groups in total. The van der Waals surface area contributed by atoms with Crippen LogP contribution in [0, 0.1) is 16.0 Å². The second-order valence-corrected chi connectivity index (χ2v) is 12.3. The Kier molecular flexibility index (Phi) is 10.1. The van der Waals surface area contributed by atoms with Crippen LogP contribution in [0.5, 0.6) is 17.2 Å². The highest BCUT2D eigenvalue weighted by molar-refractivity contribution is 7.89. The average molecular weight is 616 g/mol. The predicted octanol–water partition coefficient (Wildman–Crippen LogP) is 4.92. The van der Waals surface area contributed by atoms with E-state index < -0.39 is 27.1 Å². The lowest BCUT2D eigenvalue weighted by Crippen LogP contribution is -2.42. The fourth-order valence-electron chi connectivity index (χ4n) is 4.58. The van der Waals surface area contributed by atoms with Gasteiger partial charge in [-0.25, -0.2) is 13.2 Å². The first-order valence-corrected chi connectivity index (χ1v) is 14.9. The number of fused-ring (bicyclic) bond motifs is 1. The van der Waals surface area contributed by atoms with Crippen LogP contribution in [0.4, 0.5) is 10.5 Å². The fraction of sp³-hybridized carbons (Fsp3) is 0.345. The van der Waals surface area contributed by atoms with E-state index in [1.54, 1.807) is 36.4 Å². The number of sulfonamides is 1. The van der Waals surface area contributed by atoms with Crippen molar-refractivity contribution in [2.45, 2.75) is 44.2 Å². The van der Waals surface area contributed by atoms with Gasteiger partial charge in [-0.2, -0.15) is 9.37 Å². The normalized spacial score (nSPS) is 13.2. The second-order valence-electron chi connectivity index (χ2n) is 10.4. The van der Waals surface area contributed by atoms with Crippen LogP contribution in [-0.2, 0) is 23.1 Å². The molecule has 1 unspecified atom stereocenters. The summed E-state index contributed by atoms with van der Waals surface area (Å²) >= 11 is 0. The van der Waals surface area contributed by atoms with Crippen LogP contribution in [0.25, 0.3) is 0 Å². The summed E-state index contributed by atoms with van der Waals surface area (Å²) in [4.78, 5) is 22.2. The monoisotopic (exact) mass is 615 g/mol. The van der Waals surface area contributed by atoms with Crippen LogP contribution < -0.4 is 14.2 Å². The lowest BCUT2D eigenvalue weighted by atomic mass is 10.0. The van der Waals surface area contributed by atoms with Crippen molar-refractivity contribution in [2.75, 3.05) is 19.9 Å². The summed E-state index contributed by atoms with van der Waals surface area (Å²) in [5, 5.41) is 31.0. The molecule has 0 aliphatic carbocycles. The Morgan fingerprint density at radius 2 is 1.77 bits per heavy atom. The van der Waals surface area contributed by atoms with Gasteiger partial charge in [0, 0.05) is 31.3 Å². The molecule has 1 aliphatic heterocycles. The van der Waals surface area contributed by atoms with Gasteiger partial charge in [0.15, 0.2) is 11.5 Å². The molecule has 14 heteroatoms. The summed E-state index contributed by atoms with van der Waals surface area (Å²) < 4.78 is 44.8. The molecule has 230 valence electrons.